The molecular weight excluding hydrogens is 797 g/mol. The van der Waals surface area contributed by atoms with Crippen LogP contribution in [0, 0.1) is 38.0 Å². The van der Waals surface area contributed by atoms with Crippen LogP contribution in [0.2, 0.25) is 0 Å². The standard InChI is InChI=1S/C47H54N4O11/c1-4-26-59-37-21-22-42-40(29-37)45-38(11-7-9-25-53)34(10-6-8-24-52)28-39-41(48-61-31-33-14-19-36(20-15-33)51(57)58)30-43(47(62-42,46(39)45)60-27-5-2)49(3)44(54)23-16-32-12-17-35(18-13-32)50(55)56/h4-5,12-23,28-29,34,38,43,45-46,52-53H,1-2,6-11,24-27,30-31H2,3H3/t34-,38+,43-,45+,46+,47+/m0/s1. The van der Waals surface area contributed by atoms with E-state index in [2.05, 4.69) is 19.2 Å². The normalized spacial score (nSPS) is 23.0. The minimum Gasteiger partial charge on any atom is -0.490 e. The monoisotopic (exact) mass is 850 g/mol. The summed E-state index contributed by atoms with van der Waals surface area (Å²) in [7, 11) is 1.68. The number of aliphatic hydroxyl groups is 2. The van der Waals surface area contributed by atoms with Gasteiger partial charge in [-0.1, -0.05) is 42.8 Å². The molecule has 15 nitrogen and oxygen atoms in total. The summed E-state index contributed by atoms with van der Waals surface area (Å²) in [6, 6.07) is 16.8. The maximum Gasteiger partial charge on any atom is 0.269 e. The molecule has 2 aliphatic carbocycles. The Labute approximate surface area is 360 Å². The SMILES string of the molecule is C=CCOc1ccc2c(c1)[C@H]1[C@H](CCCCO)[C@@H](CCCCO)C=C3C(=NOCc4ccc([N+](=O)[O-])cc4)C[C@H](N(C)C(=O)C=Cc4ccc([N+](=O)[O-])cc4)[C@@](OCC=C)(O2)[C@H]31. The third-order valence-electron chi connectivity index (χ3n) is 11.9. The molecule has 3 aliphatic rings. The molecule has 3 aromatic rings. The minimum atomic E-state index is -1.48. The van der Waals surface area contributed by atoms with Crippen LogP contribution >= 0.6 is 0 Å². The van der Waals surface area contributed by atoms with Crippen LogP contribution < -0.4 is 9.47 Å². The number of unbranched alkanes of at least 4 members (excludes halogenated alkanes) is 2. The lowest BCUT2D eigenvalue weighted by Gasteiger charge is -2.59. The molecular formula is C47H54N4O11. The zero-order valence-electron chi connectivity index (χ0n) is 34.9. The molecule has 1 fully saturated rings. The molecule has 0 radical (unpaired) electrons. The zero-order chi connectivity index (χ0) is 44.2. The van der Waals surface area contributed by atoms with Gasteiger partial charge in [-0.2, -0.15) is 0 Å². The van der Waals surface area contributed by atoms with Crippen molar-refractivity contribution >= 4 is 29.1 Å². The van der Waals surface area contributed by atoms with Crippen LogP contribution in [0.5, 0.6) is 11.5 Å². The highest BCUT2D eigenvalue weighted by molar-refractivity contribution is 6.03. The molecule has 15 heteroatoms. The van der Waals surface area contributed by atoms with Crippen LogP contribution in [0.3, 0.4) is 0 Å². The van der Waals surface area contributed by atoms with Crippen LogP contribution in [0.25, 0.3) is 6.08 Å². The summed E-state index contributed by atoms with van der Waals surface area (Å²) in [5.74, 6) is -1.46. The number of carbonyl (C=O) groups excluding carboxylic acids is 1. The Morgan fingerprint density at radius 1 is 0.935 bits per heavy atom. The Morgan fingerprint density at radius 3 is 2.24 bits per heavy atom. The number of nitro groups is 2. The number of hydrogen-bond acceptors (Lipinski definition) is 12. The number of amides is 1. The molecule has 0 aromatic heterocycles. The molecule has 1 saturated carbocycles. The maximum atomic E-state index is 14.3. The van der Waals surface area contributed by atoms with E-state index in [1.807, 2.05) is 18.2 Å². The van der Waals surface area contributed by atoms with E-state index in [9.17, 15) is 35.2 Å². The minimum absolute atomic E-state index is 0.00192. The molecule has 0 bridgehead atoms. The molecule has 328 valence electrons. The summed E-state index contributed by atoms with van der Waals surface area (Å²) in [5, 5.41) is 47.1. The van der Waals surface area contributed by atoms with Crippen molar-refractivity contribution < 1.29 is 43.9 Å². The number of fused-ring (bicyclic) bond motifs is 2. The number of rotatable bonds is 22. The van der Waals surface area contributed by atoms with Gasteiger partial charge in [-0.25, -0.2) is 0 Å². The van der Waals surface area contributed by atoms with E-state index in [-0.39, 0.29) is 67.9 Å². The fourth-order valence-corrected chi connectivity index (χ4v) is 9.02. The first kappa shape index (κ1) is 45.4. The Balaban J connectivity index is 1.51. The number of nitro benzene ring substituents is 2. The Kier molecular flexibility index (Phi) is 15.4. The van der Waals surface area contributed by atoms with Gasteiger partial charge in [0.05, 0.1) is 28.1 Å². The van der Waals surface area contributed by atoms with Gasteiger partial charge in [0.2, 0.25) is 11.7 Å². The Hall–Kier alpha value is -6.16. The molecule has 1 aliphatic heterocycles. The summed E-state index contributed by atoms with van der Waals surface area (Å²) >= 11 is 0. The molecule has 1 heterocycles. The molecule has 0 unspecified atom stereocenters. The molecule has 2 N–H and O–H groups in total. The second-order valence-corrected chi connectivity index (χ2v) is 15.7. The average molecular weight is 851 g/mol. The van der Waals surface area contributed by atoms with Gasteiger partial charge in [-0.3, -0.25) is 25.0 Å². The summed E-state index contributed by atoms with van der Waals surface area (Å²) in [6.07, 6.45) is 13.0. The number of allylic oxidation sites excluding steroid dienone is 1. The van der Waals surface area contributed by atoms with E-state index < -0.39 is 27.6 Å². The van der Waals surface area contributed by atoms with Crippen molar-refractivity contribution in [3.63, 3.8) is 0 Å². The third-order valence-corrected chi connectivity index (χ3v) is 11.9. The third kappa shape index (κ3) is 10.1. The van der Waals surface area contributed by atoms with E-state index >= 15 is 0 Å². The number of likely N-dealkylation sites (N-methyl/N-ethyl adjacent to an activating group) is 1. The van der Waals surface area contributed by atoms with E-state index in [1.165, 1.54) is 30.3 Å². The van der Waals surface area contributed by atoms with Gasteiger partial charge < -0.3 is 34.2 Å². The van der Waals surface area contributed by atoms with Gasteiger partial charge in [0.25, 0.3) is 11.4 Å². The number of aliphatic hydroxyl groups excluding tert-OH is 2. The van der Waals surface area contributed by atoms with E-state index in [0.717, 1.165) is 36.8 Å². The molecule has 0 spiro atoms. The highest BCUT2D eigenvalue weighted by Crippen LogP contribution is 2.61. The van der Waals surface area contributed by atoms with E-state index in [0.29, 0.717) is 47.8 Å². The van der Waals surface area contributed by atoms with Gasteiger partial charge in [-0.15, -0.1) is 6.58 Å². The van der Waals surface area contributed by atoms with E-state index in [4.69, 9.17) is 24.2 Å². The van der Waals surface area contributed by atoms with Crippen molar-refractivity contribution in [2.75, 3.05) is 33.5 Å². The molecule has 62 heavy (non-hydrogen) atoms. The quantitative estimate of drug-likeness (QED) is 0.0326. The van der Waals surface area contributed by atoms with Crippen molar-refractivity contribution in [1.29, 1.82) is 0 Å². The Morgan fingerprint density at radius 2 is 1.60 bits per heavy atom. The van der Waals surface area contributed by atoms with Gasteiger partial charge in [0.15, 0.2) is 0 Å². The van der Waals surface area contributed by atoms with Crippen LogP contribution in [-0.2, 0) is 21.0 Å². The summed E-state index contributed by atoms with van der Waals surface area (Å²) in [6.45, 7) is 8.28. The van der Waals surface area contributed by atoms with Crippen molar-refractivity contribution in [3.05, 3.63) is 147 Å². The molecule has 6 atom stereocenters. The second-order valence-electron chi connectivity index (χ2n) is 15.7. The number of nitrogens with zero attached hydrogens (tertiary/aromatic N) is 4. The van der Waals surface area contributed by atoms with Crippen LogP contribution in [0.4, 0.5) is 11.4 Å². The van der Waals surface area contributed by atoms with Crippen molar-refractivity contribution in [3.8, 4) is 11.5 Å². The lowest BCUT2D eigenvalue weighted by molar-refractivity contribution is -0.385. The fourth-order valence-electron chi connectivity index (χ4n) is 9.02. The highest BCUT2D eigenvalue weighted by Gasteiger charge is 2.65. The topological polar surface area (TPSA) is 196 Å². The van der Waals surface area contributed by atoms with Gasteiger partial charge in [0, 0.05) is 68.5 Å². The number of benzene rings is 3. The molecule has 0 saturated heterocycles. The van der Waals surface area contributed by atoms with Crippen molar-refractivity contribution in [2.24, 2.45) is 22.9 Å². The highest BCUT2D eigenvalue weighted by atomic mass is 16.7. The predicted octanol–water partition coefficient (Wildman–Crippen LogP) is 8.07. The first-order valence-electron chi connectivity index (χ1n) is 20.9. The van der Waals surface area contributed by atoms with E-state index in [1.54, 1.807) is 54.4 Å². The van der Waals surface area contributed by atoms with Crippen molar-refractivity contribution in [2.45, 2.75) is 69.3 Å². The number of ether oxygens (including phenoxy) is 3. The first-order valence-corrected chi connectivity index (χ1v) is 20.9. The smallest absolute Gasteiger partial charge is 0.269 e. The summed E-state index contributed by atoms with van der Waals surface area (Å²) in [5.41, 5.74) is 3.47. The van der Waals surface area contributed by atoms with Crippen molar-refractivity contribution in [1.82, 2.24) is 4.90 Å². The maximum absolute atomic E-state index is 14.3. The fraction of sp³-hybridized carbons (Fsp3) is 0.404. The number of hydrogen-bond donors (Lipinski definition) is 2. The predicted molar refractivity (Wildman–Crippen MR) is 233 cm³/mol. The number of carbonyl (C=O) groups is 1. The van der Waals surface area contributed by atoms with Gasteiger partial charge in [-0.05, 0) is 103 Å². The van der Waals surface area contributed by atoms with Crippen LogP contribution in [-0.4, -0.2) is 81.9 Å². The average Bonchev–Trinajstić information content (AvgIpc) is 3.28. The Bertz CT molecular complexity index is 2170. The summed E-state index contributed by atoms with van der Waals surface area (Å²) in [4.78, 5) is 43.6. The van der Waals surface area contributed by atoms with Gasteiger partial charge >= 0.3 is 0 Å². The zero-order valence-corrected chi connectivity index (χ0v) is 34.9. The lowest BCUT2D eigenvalue weighted by Crippen LogP contribution is -2.69. The lowest BCUT2D eigenvalue weighted by atomic mass is 9.55. The van der Waals surface area contributed by atoms with Crippen LogP contribution in [0.1, 0.15) is 67.6 Å². The molecule has 3 aromatic carbocycles. The summed E-state index contributed by atoms with van der Waals surface area (Å²) < 4.78 is 20.2. The number of oxime groups is 1. The first-order chi connectivity index (χ1) is 30.0. The van der Waals surface area contributed by atoms with Gasteiger partial charge in [0.1, 0.15) is 30.8 Å². The second kappa shape index (κ2) is 21.1. The van der Waals surface area contributed by atoms with Crippen LogP contribution in [0.15, 0.2) is 115 Å². The number of non-ortho nitro benzene ring substituents is 2. The largest absolute Gasteiger partial charge is 0.490 e. The molecule has 1 amide bonds. The molecule has 6 rings (SSSR count).